The molecule has 0 amide bonds. The fourth-order valence-electron chi connectivity index (χ4n) is 3.78. The summed E-state index contributed by atoms with van der Waals surface area (Å²) in [6, 6.07) is 18.5. The van der Waals surface area contributed by atoms with Crippen molar-refractivity contribution in [3.8, 4) is 11.1 Å². The lowest BCUT2D eigenvalue weighted by Crippen LogP contribution is -2.10. The third-order valence-corrected chi connectivity index (χ3v) is 5.82. The molecular weight excluding hydrogens is 316 g/mol. The van der Waals surface area contributed by atoms with E-state index in [0.717, 1.165) is 11.8 Å². The Balaban J connectivity index is 0.000000758. The molecule has 1 aliphatic rings. The predicted molar refractivity (Wildman–Crippen MR) is 114 cm³/mol. The quantitative estimate of drug-likeness (QED) is 0.556. The zero-order chi connectivity index (χ0) is 18.9. The SMILES string of the molecule is CCC(C)c1ccc(-c2ccc(C3CCC(C)CC3)cc2)cc1.COC. The van der Waals surface area contributed by atoms with Gasteiger partial charge in [0.25, 0.3) is 0 Å². The number of ether oxygens (including phenoxy) is 1. The molecule has 1 unspecified atom stereocenters. The lowest BCUT2D eigenvalue weighted by Gasteiger charge is -2.26. The standard InChI is InChI=1S/C23H30.C2H6O/c1-4-18(3)19-9-11-21(12-10-19)23-15-13-22(14-16-23)20-7-5-17(2)6-8-20;1-3-2/h9-18,20H,4-8H2,1-3H3;1-2H3. The van der Waals surface area contributed by atoms with Crippen LogP contribution in [0.2, 0.25) is 0 Å². The van der Waals surface area contributed by atoms with Crippen LogP contribution in [0.1, 0.15) is 75.8 Å². The number of rotatable bonds is 4. The van der Waals surface area contributed by atoms with Crippen LogP contribution >= 0.6 is 0 Å². The second kappa shape index (κ2) is 10.5. The van der Waals surface area contributed by atoms with Gasteiger partial charge in [-0.2, -0.15) is 0 Å². The molecule has 142 valence electrons. The summed E-state index contributed by atoms with van der Waals surface area (Å²) in [7, 11) is 3.25. The summed E-state index contributed by atoms with van der Waals surface area (Å²) in [5, 5.41) is 0. The highest BCUT2D eigenvalue weighted by molar-refractivity contribution is 5.64. The van der Waals surface area contributed by atoms with E-state index in [4.69, 9.17) is 0 Å². The Morgan fingerprint density at radius 3 is 1.77 bits per heavy atom. The zero-order valence-corrected chi connectivity index (χ0v) is 17.3. The molecule has 2 aromatic carbocycles. The van der Waals surface area contributed by atoms with Crippen LogP contribution in [0.25, 0.3) is 11.1 Å². The van der Waals surface area contributed by atoms with Gasteiger partial charge in [0.15, 0.2) is 0 Å². The van der Waals surface area contributed by atoms with Crippen molar-refractivity contribution in [2.45, 2.75) is 64.7 Å². The molecule has 0 spiro atoms. The van der Waals surface area contributed by atoms with Gasteiger partial charge < -0.3 is 4.74 Å². The van der Waals surface area contributed by atoms with Crippen LogP contribution in [0.15, 0.2) is 48.5 Å². The molecule has 0 aromatic heterocycles. The predicted octanol–water partition coefficient (Wildman–Crippen LogP) is 7.42. The minimum atomic E-state index is 0.653. The van der Waals surface area contributed by atoms with Crippen LogP contribution in [0.5, 0.6) is 0 Å². The van der Waals surface area contributed by atoms with Crippen LogP contribution < -0.4 is 0 Å². The number of benzene rings is 2. The average molecular weight is 353 g/mol. The van der Waals surface area contributed by atoms with Gasteiger partial charge in [-0.15, -0.1) is 0 Å². The molecule has 3 rings (SSSR count). The maximum absolute atomic E-state index is 4.25. The number of hydrogen-bond donors (Lipinski definition) is 0. The smallest absolute Gasteiger partial charge is 0.0351 e. The first kappa shape index (κ1) is 20.7. The normalized spacial score (nSPS) is 20.8. The summed E-state index contributed by atoms with van der Waals surface area (Å²) >= 11 is 0. The fourth-order valence-corrected chi connectivity index (χ4v) is 3.78. The lowest BCUT2D eigenvalue weighted by molar-refractivity contribution is 0.277. The molecule has 0 saturated heterocycles. The number of methoxy groups -OCH3 is 1. The molecule has 1 aliphatic carbocycles. The van der Waals surface area contributed by atoms with Crippen LogP contribution in [0.4, 0.5) is 0 Å². The van der Waals surface area contributed by atoms with Crippen molar-refractivity contribution in [1.29, 1.82) is 0 Å². The highest BCUT2D eigenvalue weighted by Crippen LogP contribution is 2.36. The lowest BCUT2D eigenvalue weighted by atomic mass is 9.79. The van der Waals surface area contributed by atoms with E-state index in [2.05, 4.69) is 74.0 Å². The van der Waals surface area contributed by atoms with E-state index in [9.17, 15) is 0 Å². The van der Waals surface area contributed by atoms with E-state index >= 15 is 0 Å². The summed E-state index contributed by atoms with van der Waals surface area (Å²) in [6.45, 7) is 6.94. The van der Waals surface area contributed by atoms with Crippen molar-refractivity contribution in [3.63, 3.8) is 0 Å². The first-order valence-electron chi connectivity index (χ1n) is 10.2. The van der Waals surface area contributed by atoms with Crippen LogP contribution in [0.3, 0.4) is 0 Å². The van der Waals surface area contributed by atoms with Gasteiger partial charge in [0.2, 0.25) is 0 Å². The Bertz CT molecular complexity index is 618. The van der Waals surface area contributed by atoms with E-state index in [-0.39, 0.29) is 0 Å². The number of hydrogen-bond acceptors (Lipinski definition) is 1. The molecule has 1 heteroatoms. The fraction of sp³-hybridized carbons (Fsp3) is 0.520. The van der Waals surface area contributed by atoms with Gasteiger partial charge in [-0.1, -0.05) is 82.1 Å². The van der Waals surface area contributed by atoms with Gasteiger partial charge in [-0.05, 0) is 59.3 Å². The van der Waals surface area contributed by atoms with Gasteiger partial charge >= 0.3 is 0 Å². The maximum atomic E-state index is 4.25. The molecule has 0 radical (unpaired) electrons. The molecule has 26 heavy (non-hydrogen) atoms. The molecular formula is C25H36O. The largest absolute Gasteiger partial charge is 0.388 e. The third-order valence-electron chi connectivity index (χ3n) is 5.82. The first-order valence-corrected chi connectivity index (χ1v) is 10.2. The summed E-state index contributed by atoms with van der Waals surface area (Å²) in [6.07, 6.45) is 6.72. The second-order valence-electron chi connectivity index (χ2n) is 7.92. The van der Waals surface area contributed by atoms with E-state index in [0.29, 0.717) is 5.92 Å². The van der Waals surface area contributed by atoms with Gasteiger partial charge in [-0.3, -0.25) is 0 Å². The monoisotopic (exact) mass is 352 g/mol. The van der Waals surface area contributed by atoms with Crippen LogP contribution in [-0.2, 0) is 4.74 Å². The summed E-state index contributed by atoms with van der Waals surface area (Å²) in [5.74, 6) is 2.36. The molecule has 1 fully saturated rings. The van der Waals surface area contributed by atoms with E-state index in [1.807, 2.05) is 0 Å². The Kier molecular flexibility index (Phi) is 8.38. The Morgan fingerprint density at radius 2 is 1.31 bits per heavy atom. The minimum absolute atomic E-state index is 0.653. The van der Waals surface area contributed by atoms with Crippen LogP contribution in [0, 0.1) is 5.92 Å². The van der Waals surface area contributed by atoms with Crippen molar-refractivity contribution in [1.82, 2.24) is 0 Å². The summed E-state index contributed by atoms with van der Waals surface area (Å²) < 4.78 is 4.25. The molecule has 1 nitrogen and oxygen atoms in total. The van der Waals surface area contributed by atoms with E-state index in [1.54, 1.807) is 14.2 Å². The van der Waals surface area contributed by atoms with Crippen molar-refractivity contribution >= 4 is 0 Å². The minimum Gasteiger partial charge on any atom is -0.388 e. The molecule has 2 aromatic rings. The second-order valence-corrected chi connectivity index (χ2v) is 7.92. The van der Waals surface area contributed by atoms with Gasteiger partial charge in [-0.25, -0.2) is 0 Å². The van der Waals surface area contributed by atoms with Gasteiger partial charge in [0.1, 0.15) is 0 Å². The summed E-state index contributed by atoms with van der Waals surface area (Å²) in [4.78, 5) is 0. The van der Waals surface area contributed by atoms with Gasteiger partial charge in [0, 0.05) is 14.2 Å². The van der Waals surface area contributed by atoms with Crippen LogP contribution in [-0.4, -0.2) is 14.2 Å². The average Bonchev–Trinajstić information content (AvgIpc) is 2.69. The zero-order valence-electron chi connectivity index (χ0n) is 17.3. The highest BCUT2D eigenvalue weighted by Gasteiger charge is 2.19. The molecule has 0 aliphatic heterocycles. The van der Waals surface area contributed by atoms with E-state index in [1.165, 1.54) is 54.4 Å². The molecule has 0 heterocycles. The van der Waals surface area contributed by atoms with E-state index < -0.39 is 0 Å². The van der Waals surface area contributed by atoms with Gasteiger partial charge in [0.05, 0.1) is 0 Å². The molecule has 0 bridgehead atoms. The Hall–Kier alpha value is -1.60. The molecule has 1 saturated carbocycles. The Morgan fingerprint density at radius 1 is 0.846 bits per heavy atom. The van der Waals surface area contributed by atoms with Crippen molar-refractivity contribution in [2.75, 3.05) is 14.2 Å². The van der Waals surface area contributed by atoms with Crippen molar-refractivity contribution in [2.24, 2.45) is 5.92 Å². The summed E-state index contributed by atoms with van der Waals surface area (Å²) in [5.41, 5.74) is 5.66. The molecule has 1 atom stereocenters. The third kappa shape index (κ3) is 5.71. The highest BCUT2D eigenvalue weighted by atomic mass is 16.4. The topological polar surface area (TPSA) is 9.23 Å². The molecule has 0 N–H and O–H groups in total. The Labute approximate surface area is 160 Å². The van der Waals surface area contributed by atoms with Crippen molar-refractivity contribution < 1.29 is 4.74 Å². The maximum Gasteiger partial charge on any atom is 0.0351 e. The first-order chi connectivity index (χ1) is 12.6. The van der Waals surface area contributed by atoms with Crippen molar-refractivity contribution in [3.05, 3.63) is 59.7 Å².